The summed E-state index contributed by atoms with van der Waals surface area (Å²) in [6.45, 7) is 14.7. The van der Waals surface area contributed by atoms with Crippen LogP contribution in [-0.2, 0) is 4.79 Å². The molecule has 2 atom stereocenters. The Morgan fingerprint density at radius 2 is 1.58 bits per heavy atom. The van der Waals surface area contributed by atoms with Crippen molar-refractivity contribution in [3.8, 4) is 0 Å². The predicted octanol–water partition coefficient (Wildman–Crippen LogP) is 2.44. The molecule has 0 heterocycles. The van der Waals surface area contributed by atoms with Gasteiger partial charge in [-0.3, -0.25) is 4.79 Å². The molecule has 0 radical (unpaired) electrons. The Hall–Kier alpha value is -0.610. The Morgan fingerprint density at radius 1 is 1.16 bits per heavy atom. The number of hydrogen-bond acceptors (Lipinski definition) is 3. The molecule has 4 nitrogen and oxygen atoms in total. The molecule has 19 heavy (non-hydrogen) atoms. The zero-order valence-electron chi connectivity index (χ0n) is 13.7. The number of likely N-dealkylation sites (N-methyl/N-ethyl adjacent to an activating group) is 1. The number of hydrogen-bond donors (Lipinski definition) is 2. The van der Waals surface area contributed by atoms with Gasteiger partial charge in [-0.25, -0.2) is 0 Å². The summed E-state index contributed by atoms with van der Waals surface area (Å²) in [5.41, 5.74) is -0.856. The number of carboxylic acids is 1. The van der Waals surface area contributed by atoms with Crippen molar-refractivity contribution < 1.29 is 9.90 Å². The lowest BCUT2D eigenvalue weighted by Gasteiger charge is -2.36. The fraction of sp³-hybridized carbons (Fsp3) is 0.933. The highest BCUT2D eigenvalue weighted by Crippen LogP contribution is 2.18. The van der Waals surface area contributed by atoms with Gasteiger partial charge in [0.05, 0.1) is 0 Å². The van der Waals surface area contributed by atoms with Crippen molar-refractivity contribution in [2.45, 2.75) is 59.5 Å². The summed E-state index contributed by atoms with van der Waals surface area (Å²) in [7, 11) is 1.72. The number of carbonyl (C=O) groups is 1. The number of rotatable bonds is 9. The van der Waals surface area contributed by atoms with Crippen molar-refractivity contribution in [2.75, 3.05) is 20.1 Å². The van der Waals surface area contributed by atoms with Crippen molar-refractivity contribution in [3.63, 3.8) is 0 Å². The van der Waals surface area contributed by atoms with E-state index in [9.17, 15) is 9.90 Å². The zero-order valence-corrected chi connectivity index (χ0v) is 13.7. The van der Waals surface area contributed by atoms with E-state index in [-0.39, 0.29) is 6.04 Å². The van der Waals surface area contributed by atoms with Crippen LogP contribution in [0.25, 0.3) is 0 Å². The lowest BCUT2D eigenvalue weighted by atomic mass is 9.92. The molecule has 0 rings (SSSR count). The minimum Gasteiger partial charge on any atom is -0.480 e. The third kappa shape index (κ3) is 6.39. The van der Waals surface area contributed by atoms with Crippen molar-refractivity contribution >= 4 is 5.97 Å². The topological polar surface area (TPSA) is 52.6 Å². The molecule has 0 aliphatic heterocycles. The van der Waals surface area contributed by atoms with E-state index in [1.54, 1.807) is 14.0 Å². The first-order valence-electron chi connectivity index (χ1n) is 7.28. The molecule has 0 fully saturated rings. The highest BCUT2D eigenvalue weighted by atomic mass is 16.4. The largest absolute Gasteiger partial charge is 0.480 e. The number of nitrogens with zero attached hydrogens (tertiary/aromatic N) is 1. The zero-order chi connectivity index (χ0) is 15.2. The van der Waals surface area contributed by atoms with Gasteiger partial charge in [0.1, 0.15) is 5.54 Å². The van der Waals surface area contributed by atoms with E-state index >= 15 is 0 Å². The van der Waals surface area contributed by atoms with Gasteiger partial charge >= 0.3 is 5.97 Å². The fourth-order valence-corrected chi connectivity index (χ4v) is 2.39. The summed E-state index contributed by atoms with van der Waals surface area (Å²) in [6.07, 6.45) is 0.609. The van der Waals surface area contributed by atoms with Gasteiger partial charge in [-0.05, 0) is 39.2 Å². The summed E-state index contributed by atoms with van der Waals surface area (Å²) in [6, 6.07) is 0.248. The first-order valence-corrected chi connectivity index (χ1v) is 7.28. The van der Waals surface area contributed by atoms with Crippen LogP contribution in [0.4, 0.5) is 0 Å². The Kier molecular flexibility index (Phi) is 7.60. The van der Waals surface area contributed by atoms with Crippen molar-refractivity contribution in [3.05, 3.63) is 0 Å². The molecule has 0 spiro atoms. The summed E-state index contributed by atoms with van der Waals surface area (Å²) in [4.78, 5) is 13.8. The van der Waals surface area contributed by atoms with Gasteiger partial charge in [0.2, 0.25) is 0 Å². The molecule has 2 unspecified atom stereocenters. The second-order valence-electron chi connectivity index (χ2n) is 6.68. The first kappa shape index (κ1) is 18.4. The van der Waals surface area contributed by atoms with E-state index in [0.717, 1.165) is 13.1 Å². The molecule has 0 aromatic heterocycles. The standard InChI is InChI=1S/C15H32N2O2/c1-11(2)9-17(10-12(3)4)13(5)8-15(6,16-7)14(18)19/h11-13,16H,8-10H2,1-7H3,(H,18,19). The molecule has 0 aliphatic rings. The predicted molar refractivity (Wildman–Crippen MR) is 80.4 cm³/mol. The summed E-state index contributed by atoms with van der Waals surface area (Å²) in [5.74, 6) is 0.398. The Bertz CT molecular complexity index is 269. The van der Waals surface area contributed by atoms with Gasteiger partial charge in [0.25, 0.3) is 0 Å². The van der Waals surface area contributed by atoms with Crippen LogP contribution >= 0.6 is 0 Å². The minimum absolute atomic E-state index is 0.248. The van der Waals surface area contributed by atoms with E-state index in [4.69, 9.17) is 0 Å². The molecule has 0 saturated heterocycles. The minimum atomic E-state index is -0.856. The van der Waals surface area contributed by atoms with Gasteiger partial charge in [-0.2, -0.15) is 0 Å². The van der Waals surface area contributed by atoms with E-state index in [0.29, 0.717) is 18.3 Å². The molecular weight excluding hydrogens is 240 g/mol. The quantitative estimate of drug-likeness (QED) is 0.677. The van der Waals surface area contributed by atoms with Crippen LogP contribution in [0.5, 0.6) is 0 Å². The van der Waals surface area contributed by atoms with Gasteiger partial charge in [0, 0.05) is 19.1 Å². The van der Waals surface area contributed by atoms with Crippen LogP contribution in [0.15, 0.2) is 0 Å². The van der Waals surface area contributed by atoms with Gasteiger partial charge in [0.15, 0.2) is 0 Å². The SMILES string of the molecule is CNC(C)(CC(C)N(CC(C)C)CC(C)C)C(=O)O. The first-order chi connectivity index (χ1) is 8.62. The molecule has 0 bridgehead atoms. The second kappa shape index (κ2) is 7.85. The molecule has 0 aliphatic carbocycles. The van der Waals surface area contributed by atoms with Gasteiger partial charge < -0.3 is 15.3 Å². The van der Waals surface area contributed by atoms with Gasteiger partial charge in [-0.15, -0.1) is 0 Å². The van der Waals surface area contributed by atoms with Crippen molar-refractivity contribution in [1.29, 1.82) is 0 Å². The maximum absolute atomic E-state index is 11.4. The van der Waals surface area contributed by atoms with Crippen molar-refractivity contribution in [1.82, 2.24) is 10.2 Å². The third-order valence-corrected chi connectivity index (χ3v) is 3.55. The van der Waals surface area contributed by atoms with Crippen LogP contribution in [0, 0.1) is 11.8 Å². The van der Waals surface area contributed by atoms with Gasteiger partial charge in [-0.1, -0.05) is 27.7 Å². The lowest BCUT2D eigenvalue weighted by molar-refractivity contribution is -0.144. The Balaban J connectivity index is 4.78. The normalized spacial score (nSPS) is 16.9. The summed E-state index contributed by atoms with van der Waals surface area (Å²) < 4.78 is 0. The van der Waals surface area contributed by atoms with E-state index < -0.39 is 11.5 Å². The summed E-state index contributed by atoms with van der Waals surface area (Å²) in [5, 5.41) is 12.3. The van der Waals surface area contributed by atoms with E-state index in [2.05, 4.69) is 44.8 Å². The van der Waals surface area contributed by atoms with Crippen LogP contribution in [0.2, 0.25) is 0 Å². The molecule has 4 heteroatoms. The average molecular weight is 272 g/mol. The van der Waals surface area contributed by atoms with E-state index in [1.165, 1.54) is 0 Å². The highest BCUT2D eigenvalue weighted by Gasteiger charge is 2.34. The molecule has 0 saturated carbocycles. The van der Waals surface area contributed by atoms with Crippen LogP contribution in [-0.4, -0.2) is 47.7 Å². The molecular formula is C15H32N2O2. The second-order valence-corrected chi connectivity index (χ2v) is 6.68. The monoisotopic (exact) mass is 272 g/mol. The Morgan fingerprint density at radius 3 is 1.84 bits per heavy atom. The number of carboxylic acid groups (broad SMARTS) is 1. The van der Waals surface area contributed by atoms with Crippen LogP contribution < -0.4 is 5.32 Å². The number of aliphatic carboxylic acids is 1. The molecule has 2 N–H and O–H groups in total. The van der Waals surface area contributed by atoms with Crippen LogP contribution in [0.1, 0.15) is 48.0 Å². The summed E-state index contributed by atoms with van der Waals surface area (Å²) >= 11 is 0. The number of nitrogens with one attached hydrogen (secondary N) is 1. The maximum atomic E-state index is 11.4. The lowest BCUT2D eigenvalue weighted by Crippen LogP contribution is -2.52. The van der Waals surface area contributed by atoms with Crippen molar-refractivity contribution in [2.24, 2.45) is 11.8 Å². The maximum Gasteiger partial charge on any atom is 0.323 e. The average Bonchev–Trinajstić information content (AvgIpc) is 2.26. The van der Waals surface area contributed by atoms with E-state index in [1.807, 2.05) is 0 Å². The molecule has 114 valence electrons. The smallest absolute Gasteiger partial charge is 0.323 e. The molecule has 0 aromatic carbocycles. The van der Waals surface area contributed by atoms with Crippen LogP contribution in [0.3, 0.4) is 0 Å². The fourth-order valence-electron chi connectivity index (χ4n) is 2.39. The highest BCUT2D eigenvalue weighted by molar-refractivity contribution is 5.78. The Labute approximate surface area is 118 Å². The molecule has 0 amide bonds. The third-order valence-electron chi connectivity index (χ3n) is 3.55. The molecule has 0 aromatic rings.